The van der Waals surface area contributed by atoms with E-state index in [1.54, 1.807) is 0 Å². The summed E-state index contributed by atoms with van der Waals surface area (Å²) in [5.74, 6) is 5.00. The number of nitro groups is 2. The molecule has 0 unspecified atom stereocenters. The van der Waals surface area contributed by atoms with Gasteiger partial charge in [-0.3, -0.25) is 26.1 Å². The average molecular weight is 198 g/mol. The molecule has 0 heterocycles. The number of nitrogens with zero attached hydrogens (tertiary/aromatic N) is 2. The number of nitrogens with two attached hydrogens (primary N) is 1. The van der Waals surface area contributed by atoms with Crippen molar-refractivity contribution < 1.29 is 9.85 Å². The van der Waals surface area contributed by atoms with Crippen LogP contribution in [0.15, 0.2) is 18.2 Å². The monoisotopic (exact) mass is 198 g/mol. The summed E-state index contributed by atoms with van der Waals surface area (Å²) in [6, 6.07) is 3.30. The highest BCUT2D eigenvalue weighted by atomic mass is 16.6. The summed E-state index contributed by atoms with van der Waals surface area (Å²) in [6.45, 7) is 0. The summed E-state index contributed by atoms with van der Waals surface area (Å²) in [4.78, 5) is 19.1. The quantitative estimate of drug-likeness (QED) is 0.420. The van der Waals surface area contributed by atoms with Gasteiger partial charge in [-0.25, -0.2) is 0 Å². The second-order valence-electron chi connectivity index (χ2n) is 2.36. The molecule has 0 bridgehead atoms. The van der Waals surface area contributed by atoms with Gasteiger partial charge < -0.3 is 5.43 Å². The Labute approximate surface area is 77.6 Å². The summed E-state index contributed by atoms with van der Waals surface area (Å²) >= 11 is 0. The zero-order valence-electron chi connectivity index (χ0n) is 6.84. The Balaban J connectivity index is 3.31. The molecule has 0 spiro atoms. The molecule has 8 nitrogen and oxygen atoms in total. The minimum Gasteiger partial charge on any atom is -0.324 e. The summed E-state index contributed by atoms with van der Waals surface area (Å²) in [7, 11) is 0. The topological polar surface area (TPSA) is 124 Å². The van der Waals surface area contributed by atoms with Gasteiger partial charge in [0.1, 0.15) is 0 Å². The normalized spacial score (nSPS) is 9.50. The number of hydrogen-bond donors (Lipinski definition) is 2. The highest BCUT2D eigenvalue weighted by Crippen LogP contribution is 2.28. The van der Waals surface area contributed by atoms with Crippen molar-refractivity contribution in [2.24, 2.45) is 5.84 Å². The number of hydrogen-bond acceptors (Lipinski definition) is 6. The number of nitro benzene ring substituents is 2. The molecule has 0 fully saturated rings. The SMILES string of the molecule is NNc1ccc([N+](=O)[O-])c([N+](=O)[O-])c1. The molecule has 0 atom stereocenters. The van der Waals surface area contributed by atoms with Crippen LogP contribution in [0.3, 0.4) is 0 Å². The molecule has 0 saturated carbocycles. The van der Waals surface area contributed by atoms with Gasteiger partial charge in [0.05, 0.1) is 15.5 Å². The van der Waals surface area contributed by atoms with Crippen LogP contribution in [0.25, 0.3) is 0 Å². The van der Waals surface area contributed by atoms with E-state index >= 15 is 0 Å². The van der Waals surface area contributed by atoms with E-state index in [0.29, 0.717) is 0 Å². The predicted octanol–water partition coefficient (Wildman–Crippen LogP) is 0.789. The van der Waals surface area contributed by atoms with Gasteiger partial charge >= 0.3 is 11.4 Å². The van der Waals surface area contributed by atoms with Crippen molar-refractivity contribution in [3.05, 3.63) is 38.4 Å². The van der Waals surface area contributed by atoms with Gasteiger partial charge in [-0.15, -0.1) is 0 Å². The number of rotatable bonds is 3. The first-order valence-electron chi connectivity index (χ1n) is 3.45. The molecule has 74 valence electrons. The molecule has 3 N–H and O–H groups in total. The highest BCUT2D eigenvalue weighted by molar-refractivity contribution is 5.61. The third kappa shape index (κ3) is 1.75. The van der Waals surface area contributed by atoms with Gasteiger partial charge in [-0.1, -0.05) is 0 Å². The Hall–Kier alpha value is -2.22. The Morgan fingerprint density at radius 2 is 1.71 bits per heavy atom. The second kappa shape index (κ2) is 3.66. The smallest absolute Gasteiger partial charge is 0.324 e. The van der Waals surface area contributed by atoms with Gasteiger partial charge in [0, 0.05) is 12.1 Å². The minimum absolute atomic E-state index is 0.238. The van der Waals surface area contributed by atoms with E-state index in [2.05, 4.69) is 5.43 Å². The fraction of sp³-hybridized carbons (Fsp3) is 0. The van der Waals surface area contributed by atoms with Crippen molar-refractivity contribution in [3.63, 3.8) is 0 Å². The predicted molar refractivity (Wildman–Crippen MR) is 47.6 cm³/mol. The minimum atomic E-state index is -0.834. The van der Waals surface area contributed by atoms with E-state index in [4.69, 9.17) is 5.84 Å². The standard InChI is InChI=1S/C6H6N4O4/c7-8-4-1-2-5(9(11)12)6(3-4)10(13)14/h1-3,8H,7H2. The van der Waals surface area contributed by atoms with Crippen LogP contribution in [0.2, 0.25) is 0 Å². The lowest BCUT2D eigenvalue weighted by atomic mass is 10.2. The Kier molecular flexibility index (Phi) is 2.58. The van der Waals surface area contributed by atoms with E-state index in [1.165, 1.54) is 6.07 Å². The van der Waals surface area contributed by atoms with Crippen LogP contribution in [-0.4, -0.2) is 9.85 Å². The molecule has 0 amide bonds. The lowest BCUT2D eigenvalue weighted by Gasteiger charge is -1.99. The van der Waals surface area contributed by atoms with Crippen LogP contribution < -0.4 is 11.3 Å². The summed E-state index contributed by atoms with van der Waals surface area (Å²) in [6.07, 6.45) is 0. The summed E-state index contributed by atoms with van der Waals surface area (Å²) in [5.41, 5.74) is 1.25. The molecule has 0 radical (unpaired) electrons. The third-order valence-electron chi connectivity index (χ3n) is 1.54. The molecule has 0 aromatic heterocycles. The third-order valence-corrected chi connectivity index (χ3v) is 1.54. The zero-order valence-corrected chi connectivity index (χ0v) is 6.84. The van der Waals surface area contributed by atoms with Crippen molar-refractivity contribution in [3.8, 4) is 0 Å². The molecule has 0 aliphatic rings. The number of anilines is 1. The van der Waals surface area contributed by atoms with Crippen molar-refractivity contribution in [1.29, 1.82) is 0 Å². The maximum Gasteiger partial charge on any atom is 0.348 e. The van der Waals surface area contributed by atoms with Crippen LogP contribution in [0, 0.1) is 20.2 Å². The lowest BCUT2D eigenvalue weighted by molar-refractivity contribution is -0.422. The van der Waals surface area contributed by atoms with Crippen LogP contribution in [0.5, 0.6) is 0 Å². The van der Waals surface area contributed by atoms with Gasteiger partial charge in [-0.05, 0) is 6.07 Å². The number of benzene rings is 1. The van der Waals surface area contributed by atoms with Gasteiger partial charge in [0.2, 0.25) is 0 Å². The summed E-state index contributed by atoms with van der Waals surface area (Å²) < 4.78 is 0. The van der Waals surface area contributed by atoms with Gasteiger partial charge in [-0.2, -0.15) is 0 Å². The number of hydrazine groups is 1. The van der Waals surface area contributed by atoms with Crippen LogP contribution >= 0.6 is 0 Å². The maximum absolute atomic E-state index is 10.4. The van der Waals surface area contributed by atoms with E-state index in [-0.39, 0.29) is 5.69 Å². The Morgan fingerprint density at radius 1 is 1.14 bits per heavy atom. The molecule has 8 heteroatoms. The number of nitrogens with one attached hydrogen (secondary N) is 1. The highest BCUT2D eigenvalue weighted by Gasteiger charge is 2.23. The van der Waals surface area contributed by atoms with Gasteiger partial charge in [0.25, 0.3) is 0 Å². The fourth-order valence-corrected chi connectivity index (χ4v) is 0.914. The van der Waals surface area contributed by atoms with Gasteiger partial charge in [0.15, 0.2) is 0 Å². The Morgan fingerprint density at radius 3 is 2.14 bits per heavy atom. The largest absolute Gasteiger partial charge is 0.348 e. The molecule has 0 aliphatic heterocycles. The first kappa shape index (κ1) is 9.86. The van der Waals surface area contributed by atoms with Crippen molar-refractivity contribution in [2.45, 2.75) is 0 Å². The lowest BCUT2D eigenvalue weighted by Crippen LogP contribution is -2.07. The van der Waals surface area contributed by atoms with E-state index in [1.807, 2.05) is 0 Å². The summed E-state index contributed by atoms with van der Waals surface area (Å²) in [5, 5.41) is 20.8. The van der Waals surface area contributed by atoms with Crippen LogP contribution in [0.1, 0.15) is 0 Å². The molecular formula is C6H6N4O4. The fourth-order valence-electron chi connectivity index (χ4n) is 0.914. The van der Waals surface area contributed by atoms with E-state index < -0.39 is 21.2 Å². The zero-order chi connectivity index (χ0) is 10.7. The molecule has 1 rings (SSSR count). The Bertz CT molecular complexity index is 391. The van der Waals surface area contributed by atoms with Crippen molar-refractivity contribution >= 4 is 17.1 Å². The molecule has 1 aromatic rings. The number of nitrogen functional groups attached to an aromatic ring is 1. The van der Waals surface area contributed by atoms with Crippen LogP contribution in [0.4, 0.5) is 17.1 Å². The molecule has 14 heavy (non-hydrogen) atoms. The van der Waals surface area contributed by atoms with Crippen molar-refractivity contribution in [1.82, 2.24) is 0 Å². The molecule has 0 aliphatic carbocycles. The first-order valence-corrected chi connectivity index (χ1v) is 3.45. The van der Waals surface area contributed by atoms with Crippen LogP contribution in [-0.2, 0) is 0 Å². The van der Waals surface area contributed by atoms with Crippen molar-refractivity contribution in [2.75, 3.05) is 5.43 Å². The molecule has 0 saturated heterocycles. The maximum atomic E-state index is 10.4. The second-order valence-corrected chi connectivity index (χ2v) is 2.36. The molecular weight excluding hydrogens is 192 g/mol. The first-order chi connectivity index (χ1) is 6.56. The van der Waals surface area contributed by atoms with E-state index in [9.17, 15) is 20.2 Å². The van der Waals surface area contributed by atoms with E-state index in [0.717, 1.165) is 12.1 Å². The average Bonchev–Trinajstić information content (AvgIpc) is 2.16. The molecule has 1 aromatic carbocycles.